The van der Waals surface area contributed by atoms with E-state index in [0.29, 0.717) is 11.3 Å². The van der Waals surface area contributed by atoms with E-state index in [9.17, 15) is 34.1 Å². The fourth-order valence-corrected chi connectivity index (χ4v) is 4.51. The lowest BCUT2D eigenvalue weighted by molar-refractivity contribution is -0.385. The van der Waals surface area contributed by atoms with E-state index in [1.54, 1.807) is 19.9 Å². The van der Waals surface area contributed by atoms with Crippen LogP contribution in [-0.4, -0.2) is 51.9 Å². The molecule has 0 aliphatic heterocycles. The summed E-state index contributed by atoms with van der Waals surface area (Å²) in [6, 6.07) is 8.08. The number of hydrogen-bond acceptors (Lipinski definition) is 9. The van der Waals surface area contributed by atoms with Crippen molar-refractivity contribution in [3.8, 4) is 0 Å². The number of aromatic amines is 1. The lowest BCUT2D eigenvalue weighted by Crippen LogP contribution is -2.27. The number of ether oxygens (including phenoxy) is 2. The van der Waals surface area contributed by atoms with Gasteiger partial charge in [0.25, 0.3) is 5.69 Å². The highest BCUT2D eigenvalue weighted by Crippen LogP contribution is 2.36. The molecule has 1 aliphatic rings. The summed E-state index contributed by atoms with van der Waals surface area (Å²) in [6.07, 6.45) is -1.41. The summed E-state index contributed by atoms with van der Waals surface area (Å²) in [5.74, 6) is -3.89. The van der Waals surface area contributed by atoms with E-state index < -0.39 is 57.1 Å². The maximum Gasteiger partial charge on any atom is 0.345 e. The van der Waals surface area contributed by atoms with E-state index in [1.807, 2.05) is 0 Å². The molecular weight excluding hydrogens is 496 g/mol. The Hall–Kier alpha value is -4.93. The lowest BCUT2D eigenvalue weighted by atomic mass is 9.82. The first-order chi connectivity index (χ1) is 18.0. The van der Waals surface area contributed by atoms with Gasteiger partial charge in [0.1, 0.15) is 11.1 Å². The summed E-state index contributed by atoms with van der Waals surface area (Å²) in [7, 11) is 0. The van der Waals surface area contributed by atoms with Crippen molar-refractivity contribution in [1.82, 2.24) is 4.98 Å². The van der Waals surface area contributed by atoms with Gasteiger partial charge in [0.15, 0.2) is 11.9 Å². The molecule has 0 unspecified atom stereocenters. The molecule has 0 fully saturated rings. The van der Waals surface area contributed by atoms with Crippen LogP contribution in [0.4, 0.5) is 5.69 Å². The first-order valence-corrected chi connectivity index (χ1v) is 11.6. The third-order valence-corrected chi connectivity index (χ3v) is 6.28. The third kappa shape index (κ3) is 4.17. The molecule has 0 radical (unpaired) electrons. The number of rotatable bonds is 7. The van der Waals surface area contributed by atoms with Crippen molar-refractivity contribution < 1.29 is 38.4 Å². The Morgan fingerprint density at radius 2 is 1.61 bits per heavy atom. The second-order valence-electron chi connectivity index (χ2n) is 8.60. The number of nitro groups is 1. The Labute approximate surface area is 215 Å². The van der Waals surface area contributed by atoms with E-state index in [0.717, 1.165) is 12.1 Å². The highest BCUT2D eigenvalue weighted by atomic mass is 16.6. The number of nitro benzene ring substituents is 1. The van der Waals surface area contributed by atoms with Crippen molar-refractivity contribution in [3.63, 3.8) is 0 Å². The van der Waals surface area contributed by atoms with Crippen LogP contribution in [0.2, 0.25) is 0 Å². The van der Waals surface area contributed by atoms with E-state index in [2.05, 4.69) is 4.98 Å². The number of fused-ring (bicyclic) bond motifs is 2. The van der Waals surface area contributed by atoms with Gasteiger partial charge in [0, 0.05) is 22.4 Å². The topological polar surface area (TPSA) is 163 Å². The number of carbonyl (C=O) groups excluding carboxylic acids is 5. The molecule has 1 aromatic heterocycles. The smallest absolute Gasteiger partial charge is 0.345 e. The molecule has 0 amide bonds. The van der Waals surface area contributed by atoms with E-state index in [4.69, 9.17) is 9.47 Å². The predicted molar refractivity (Wildman–Crippen MR) is 132 cm³/mol. The molecule has 2 aromatic carbocycles. The standard InChI is InChI=1S/C27H22N2O9/c1-5-37-27(34)19-12(2)21(28-13(19)3)23(30)14(4)38-26(33)18-11-10-17-20(22(18)29(35)36)25(32)16-9-7-6-8-15(16)24(17)31/h6-11,14,28H,5H2,1-4H3/t14-/m0/s1. The molecule has 3 aromatic rings. The van der Waals surface area contributed by atoms with Gasteiger partial charge >= 0.3 is 11.9 Å². The minimum absolute atomic E-state index is 0.0165. The van der Waals surface area contributed by atoms with E-state index in [-0.39, 0.29) is 34.6 Å². The number of nitrogens with zero attached hydrogens (tertiary/aromatic N) is 1. The maximum absolute atomic E-state index is 13.1. The van der Waals surface area contributed by atoms with Crippen LogP contribution >= 0.6 is 0 Å². The van der Waals surface area contributed by atoms with E-state index in [1.165, 1.54) is 32.0 Å². The minimum atomic E-state index is -1.41. The normalized spacial score (nSPS) is 12.8. The van der Waals surface area contributed by atoms with Crippen molar-refractivity contribution in [2.24, 2.45) is 0 Å². The van der Waals surface area contributed by atoms with Crippen LogP contribution in [0.15, 0.2) is 36.4 Å². The van der Waals surface area contributed by atoms with Gasteiger partial charge in [-0.1, -0.05) is 24.3 Å². The summed E-state index contributed by atoms with van der Waals surface area (Å²) in [5.41, 5.74) is -1.20. The van der Waals surface area contributed by atoms with Gasteiger partial charge in [0.05, 0.1) is 22.8 Å². The summed E-state index contributed by atoms with van der Waals surface area (Å²) >= 11 is 0. The molecule has 0 saturated heterocycles. The first kappa shape index (κ1) is 26.1. The predicted octanol–water partition coefficient (Wildman–Crippen LogP) is 3.92. The van der Waals surface area contributed by atoms with Gasteiger partial charge in [-0.25, -0.2) is 9.59 Å². The molecule has 1 N–H and O–H groups in total. The largest absolute Gasteiger partial charge is 0.462 e. The lowest BCUT2D eigenvalue weighted by Gasteiger charge is -2.18. The number of hydrogen-bond donors (Lipinski definition) is 1. The van der Waals surface area contributed by atoms with Crippen LogP contribution in [0.1, 0.15) is 88.2 Å². The fourth-order valence-electron chi connectivity index (χ4n) is 4.51. The summed E-state index contributed by atoms with van der Waals surface area (Å²) < 4.78 is 10.3. The molecule has 194 valence electrons. The molecule has 11 heteroatoms. The minimum Gasteiger partial charge on any atom is -0.462 e. The molecule has 38 heavy (non-hydrogen) atoms. The van der Waals surface area contributed by atoms with Crippen molar-refractivity contribution in [2.75, 3.05) is 6.61 Å². The Morgan fingerprint density at radius 3 is 2.21 bits per heavy atom. The Balaban J connectivity index is 1.68. The van der Waals surface area contributed by atoms with Crippen LogP contribution in [0.3, 0.4) is 0 Å². The molecule has 1 atom stereocenters. The van der Waals surface area contributed by atoms with Crippen molar-refractivity contribution in [1.29, 1.82) is 0 Å². The van der Waals surface area contributed by atoms with Gasteiger partial charge in [0.2, 0.25) is 11.6 Å². The number of H-pyrrole nitrogens is 1. The molecular formula is C27H22N2O9. The first-order valence-electron chi connectivity index (χ1n) is 11.6. The number of ketones is 3. The van der Waals surface area contributed by atoms with Gasteiger partial charge in [-0.15, -0.1) is 0 Å². The zero-order chi connectivity index (χ0) is 27.9. The monoisotopic (exact) mass is 518 g/mol. The van der Waals surface area contributed by atoms with Crippen LogP contribution in [0, 0.1) is 24.0 Å². The average molecular weight is 518 g/mol. The molecule has 0 bridgehead atoms. The van der Waals surface area contributed by atoms with Crippen LogP contribution < -0.4 is 0 Å². The number of nitrogens with one attached hydrogen (secondary N) is 1. The number of benzene rings is 2. The number of esters is 2. The zero-order valence-electron chi connectivity index (χ0n) is 20.9. The maximum atomic E-state index is 13.1. The highest BCUT2D eigenvalue weighted by molar-refractivity contribution is 6.30. The number of aromatic nitrogens is 1. The molecule has 4 rings (SSSR count). The summed E-state index contributed by atoms with van der Waals surface area (Å²) in [6.45, 7) is 6.17. The number of carbonyl (C=O) groups is 5. The van der Waals surface area contributed by atoms with Crippen LogP contribution in [-0.2, 0) is 9.47 Å². The van der Waals surface area contributed by atoms with Crippen LogP contribution in [0.25, 0.3) is 0 Å². The summed E-state index contributed by atoms with van der Waals surface area (Å²) in [5, 5.41) is 12.0. The molecule has 0 spiro atoms. The summed E-state index contributed by atoms with van der Waals surface area (Å²) in [4.78, 5) is 78.3. The quantitative estimate of drug-likeness (QED) is 0.165. The number of Topliss-reactive ketones (excluding diaryl/α,β-unsaturated/α-hetero) is 1. The molecule has 0 saturated carbocycles. The fraction of sp³-hybridized carbons (Fsp3) is 0.222. The molecule has 11 nitrogen and oxygen atoms in total. The Kier molecular flexibility index (Phi) is 6.77. The van der Waals surface area contributed by atoms with Crippen molar-refractivity contribution in [2.45, 2.75) is 33.8 Å². The van der Waals surface area contributed by atoms with Gasteiger partial charge in [-0.3, -0.25) is 24.5 Å². The Morgan fingerprint density at radius 1 is 0.974 bits per heavy atom. The van der Waals surface area contributed by atoms with E-state index >= 15 is 0 Å². The second-order valence-corrected chi connectivity index (χ2v) is 8.60. The van der Waals surface area contributed by atoms with Crippen molar-refractivity contribution >= 4 is 35.0 Å². The van der Waals surface area contributed by atoms with Gasteiger partial charge < -0.3 is 14.5 Å². The second kappa shape index (κ2) is 9.85. The zero-order valence-corrected chi connectivity index (χ0v) is 20.9. The van der Waals surface area contributed by atoms with Gasteiger partial charge in [-0.05, 0) is 45.4 Å². The van der Waals surface area contributed by atoms with Gasteiger partial charge in [-0.2, -0.15) is 0 Å². The highest BCUT2D eigenvalue weighted by Gasteiger charge is 2.39. The number of aryl methyl sites for hydroxylation is 1. The average Bonchev–Trinajstić information content (AvgIpc) is 3.19. The van der Waals surface area contributed by atoms with Crippen molar-refractivity contribution in [3.05, 3.63) is 96.8 Å². The molecule has 1 heterocycles. The third-order valence-electron chi connectivity index (χ3n) is 6.28. The Bertz CT molecular complexity index is 1560. The van der Waals surface area contributed by atoms with Crippen LogP contribution in [0.5, 0.6) is 0 Å². The molecule has 1 aliphatic carbocycles. The SMILES string of the molecule is CCOC(=O)c1c(C)[nH]c(C(=O)[C@H](C)OC(=O)c2ccc3c(c2[N+](=O)[O-])C(=O)c2ccccc2C3=O)c1C.